The Morgan fingerprint density at radius 3 is 2.58 bits per heavy atom. The number of carbonyl (C=O) groups is 1. The molecule has 0 amide bonds. The average Bonchev–Trinajstić information content (AvgIpc) is 3.01. The van der Waals surface area contributed by atoms with Gasteiger partial charge < -0.3 is 19.1 Å². The van der Waals surface area contributed by atoms with Gasteiger partial charge >= 0.3 is 19.4 Å². The number of carbonyl (C=O) groups excluding carboxylic acids is 1. The second-order valence-corrected chi connectivity index (χ2v) is 10.5. The van der Waals surface area contributed by atoms with Crippen molar-refractivity contribution in [2.75, 3.05) is 6.61 Å². The van der Waals surface area contributed by atoms with Gasteiger partial charge in [0.05, 0.1) is 12.7 Å². The summed E-state index contributed by atoms with van der Waals surface area (Å²) in [4.78, 5) is 37.6. The van der Waals surface area contributed by atoms with Crippen molar-refractivity contribution in [2.45, 2.75) is 56.5 Å². The molecule has 1 aliphatic heterocycles. The minimum absolute atomic E-state index is 0.125. The molecule has 1 aliphatic rings. The van der Waals surface area contributed by atoms with Gasteiger partial charge in [0, 0.05) is 12.3 Å². The Bertz CT molecular complexity index is 1220. The number of nitrogens with zero attached hydrogens (tertiary/aromatic N) is 1. The highest BCUT2D eigenvalue weighted by atomic mass is 35.5. The zero-order valence-electron chi connectivity index (χ0n) is 19.5. The summed E-state index contributed by atoms with van der Waals surface area (Å²) in [6, 6.07) is 7.68. The van der Waals surface area contributed by atoms with E-state index in [9.17, 15) is 24.1 Å². The number of esters is 1. The fourth-order valence-corrected chi connectivity index (χ4v) is 5.02. The van der Waals surface area contributed by atoms with Gasteiger partial charge in [-0.25, -0.2) is 13.8 Å². The largest absolute Gasteiger partial charge is 0.462 e. The van der Waals surface area contributed by atoms with Crippen LogP contribution in [0.25, 0.3) is 0 Å². The lowest BCUT2D eigenvalue weighted by atomic mass is 10.1. The Kier molecular flexibility index (Phi) is 8.75. The molecule has 1 aromatic heterocycles. The summed E-state index contributed by atoms with van der Waals surface area (Å²) in [7, 11) is -4.35. The van der Waals surface area contributed by atoms with Crippen LogP contribution in [0, 0.1) is 0 Å². The number of aromatic nitrogens is 2. The van der Waals surface area contributed by atoms with Crippen LogP contribution >= 0.6 is 19.3 Å². The van der Waals surface area contributed by atoms with Gasteiger partial charge in [0.2, 0.25) is 0 Å². The van der Waals surface area contributed by atoms with Crippen molar-refractivity contribution < 1.29 is 37.4 Å². The molecular formula is C21H26ClFN3O9P. The van der Waals surface area contributed by atoms with Crippen LogP contribution in [0.1, 0.15) is 27.0 Å². The number of hydrogen-bond acceptors (Lipinski definition) is 9. The smallest absolute Gasteiger partial charge is 0.459 e. The minimum Gasteiger partial charge on any atom is -0.462 e. The van der Waals surface area contributed by atoms with E-state index in [1.54, 1.807) is 32.0 Å². The summed E-state index contributed by atoms with van der Waals surface area (Å²) < 4.78 is 50.8. The average molecular weight is 550 g/mol. The number of para-hydroxylation sites is 1. The first-order chi connectivity index (χ1) is 16.8. The molecule has 0 aliphatic carbocycles. The lowest BCUT2D eigenvalue weighted by Crippen LogP contribution is -2.42. The molecule has 0 saturated carbocycles. The standard InChI is InChI=1S/C21H26ClFN3O9P/c1-12(2)33-18(29)13(3)25-36(31,35-14-7-5-4-6-8-14)32-11-15-17(28)21(22,23)19(34-15)26-10-9-16(27)24-20(26)30/h4-10,12-13,15,17,19,28H,11H2,1-3H3,(H,25,31)(H,24,27,30)/t13-,15+,17+,19+,21+,36?/m0/s1. The third kappa shape index (κ3) is 6.61. The molecule has 12 nitrogen and oxygen atoms in total. The minimum atomic E-state index is -4.35. The Balaban J connectivity index is 1.80. The van der Waals surface area contributed by atoms with Crippen LogP contribution < -0.4 is 20.9 Å². The number of aromatic amines is 1. The third-order valence-corrected chi connectivity index (χ3v) is 6.97. The van der Waals surface area contributed by atoms with Crippen molar-refractivity contribution in [3.8, 4) is 5.75 Å². The van der Waals surface area contributed by atoms with E-state index in [1.165, 1.54) is 19.1 Å². The molecule has 1 unspecified atom stereocenters. The first-order valence-corrected chi connectivity index (χ1v) is 12.7. The first kappa shape index (κ1) is 28.0. The lowest BCUT2D eigenvalue weighted by molar-refractivity contribution is -0.149. The molecule has 2 aromatic rings. The van der Waals surface area contributed by atoms with Crippen LogP contribution in [0.4, 0.5) is 4.39 Å². The zero-order valence-corrected chi connectivity index (χ0v) is 21.1. The third-order valence-electron chi connectivity index (χ3n) is 4.92. The quantitative estimate of drug-likeness (QED) is 0.227. The molecule has 0 radical (unpaired) electrons. The molecule has 1 aromatic carbocycles. The molecule has 0 spiro atoms. The summed E-state index contributed by atoms with van der Waals surface area (Å²) in [6.07, 6.45) is -4.91. The van der Waals surface area contributed by atoms with Crippen LogP contribution in [0.2, 0.25) is 0 Å². The maximum absolute atomic E-state index is 15.2. The van der Waals surface area contributed by atoms with Crippen LogP contribution in [0.3, 0.4) is 0 Å². The number of rotatable bonds is 10. The number of alkyl halides is 2. The molecule has 0 bridgehead atoms. The Labute approximate surface area is 209 Å². The molecular weight excluding hydrogens is 524 g/mol. The number of halogens is 2. The number of benzene rings is 1. The summed E-state index contributed by atoms with van der Waals surface area (Å²) in [6.45, 7) is 3.93. The predicted octanol–water partition coefficient (Wildman–Crippen LogP) is 1.83. The molecule has 15 heteroatoms. The van der Waals surface area contributed by atoms with Crippen LogP contribution in [0.15, 0.2) is 52.2 Å². The Morgan fingerprint density at radius 2 is 1.97 bits per heavy atom. The van der Waals surface area contributed by atoms with Gasteiger partial charge in [-0.3, -0.25) is 23.7 Å². The van der Waals surface area contributed by atoms with E-state index in [0.717, 1.165) is 12.3 Å². The first-order valence-electron chi connectivity index (χ1n) is 10.8. The van der Waals surface area contributed by atoms with E-state index in [1.807, 2.05) is 4.98 Å². The molecule has 3 N–H and O–H groups in total. The molecule has 1 fully saturated rings. The second-order valence-electron chi connectivity index (χ2n) is 8.20. The molecule has 2 heterocycles. The molecule has 1 saturated heterocycles. The second kappa shape index (κ2) is 11.2. The van der Waals surface area contributed by atoms with E-state index in [-0.39, 0.29) is 5.75 Å². The highest BCUT2D eigenvalue weighted by molar-refractivity contribution is 7.52. The highest BCUT2D eigenvalue weighted by Crippen LogP contribution is 2.48. The van der Waals surface area contributed by atoms with E-state index in [0.29, 0.717) is 4.57 Å². The number of aliphatic hydroxyl groups excluding tert-OH is 1. The molecule has 198 valence electrons. The van der Waals surface area contributed by atoms with Gasteiger partial charge in [0.25, 0.3) is 10.7 Å². The van der Waals surface area contributed by atoms with Crippen LogP contribution in [-0.4, -0.2) is 56.7 Å². The summed E-state index contributed by atoms with van der Waals surface area (Å²) in [5.41, 5.74) is -1.76. The lowest BCUT2D eigenvalue weighted by Gasteiger charge is -2.25. The van der Waals surface area contributed by atoms with Crippen molar-refractivity contribution >= 4 is 25.3 Å². The molecule has 36 heavy (non-hydrogen) atoms. The number of aliphatic hydroxyl groups is 1. The van der Waals surface area contributed by atoms with E-state index in [2.05, 4.69) is 5.09 Å². The van der Waals surface area contributed by atoms with Gasteiger partial charge in [-0.05, 0) is 32.9 Å². The predicted molar refractivity (Wildman–Crippen MR) is 125 cm³/mol. The Hall–Kier alpha value is -2.54. The zero-order chi connectivity index (χ0) is 26.7. The van der Waals surface area contributed by atoms with Gasteiger partial charge in [-0.1, -0.05) is 29.8 Å². The van der Waals surface area contributed by atoms with E-state index < -0.39 is 67.3 Å². The van der Waals surface area contributed by atoms with Crippen molar-refractivity contribution in [3.63, 3.8) is 0 Å². The van der Waals surface area contributed by atoms with E-state index >= 15 is 4.39 Å². The SMILES string of the molecule is CC(C)OC(=O)[C@H](C)NP(=O)(OC[C@H]1O[C@@H](n2ccc(=O)[nH]c2=O)[C@@](F)(Cl)[C@@H]1O)Oc1ccccc1. The maximum atomic E-state index is 15.2. The maximum Gasteiger partial charge on any atom is 0.459 e. The van der Waals surface area contributed by atoms with Crippen LogP contribution in [-0.2, 0) is 23.4 Å². The van der Waals surface area contributed by atoms with Crippen molar-refractivity contribution in [1.82, 2.24) is 14.6 Å². The fraction of sp³-hybridized carbons (Fsp3) is 0.476. The molecule has 3 rings (SSSR count). The van der Waals surface area contributed by atoms with Gasteiger partial charge in [-0.15, -0.1) is 0 Å². The topological polar surface area (TPSA) is 158 Å². The number of H-pyrrole nitrogens is 1. The summed E-state index contributed by atoms with van der Waals surface area (Å²) >= 11 is 5.85. The monoisotopic (exact) mass is 549 g/mol. The number of hydrogen-bond donors (Lipinski definition) is 3. The van der Waals surface area contributed by atoms with E-state index in [4.69, 9.17) is 30.1 Å². The van der Waals surface area contributed by atoms with Gasteiger partial charge in [0.1, 0.15) is 24.0 Å². The van der Waals surface area contributed by atoms with Gasteiger partial charge in [-0.2, -0.15) is 5.09 Å². The summed E-state index contributed by atoms with van der Waals surface area (Å²) in [5.74, 6) is -0.607. The van der Waals surface area contributed by atoms with Crippen LogP contribution in [0.5, 0.6) is 5.75 Å². The molecule has 6 atom stereocenters. The normalized spacial score (nSPS) is 26.4. The number of ether oxygens (including phenoxy) is 2. The Morgan fingerprint density at radius 1 is 1.31 bits per heavy atom. The highest BCUT2D eigenvalue weighted by Gasteiger charge is 2.58. The van der Waals surface area contributed by atoms with Crippen molar-refractivity contribution in [2.24, 2.45) is 0 Å². The van der Waals surface area contributed by atoms with Crippen molar-refractivity contribution in [3.05, 3.63) is 63.4 Å². The fourth-order valence-electron chi connectivity index (χ4n) is 3.22. The van der Waals surface area contributed by atoms with Gasteiger partial charge in [0.15, 0.2) is 6.23 Å². The van der Waals surface area contributed by atoms with Crippen molar-refractivity contribution in [1.29, 1.82) is 0 Å². The number of nitrogens with one attached hydrogen (secondary N) is 2. The summed E-state index contributed by atoms with van der Waals surface area (Å²) in [5, 5.41) is 9.86.